The van der Waals surface area contributed by atoms with E-state index in [-0.39, 0.29) is 28.0 Å². The number of rotatable bonds is 4. The summed E-state index contributed by atoms with van der Waals surface area (Å²) in [5.41, 5.74) is 4.66. The van der Waals surface area contributed by atoms with Crippen molar-refractivity contribution >= 4 is 38.4 Å². The number of quaternary nitrogens is 1. The molecule has 0 aliphatic heterocycles. The zero-order chi connectivity index (χ0) is 22.5. The second kappa shape index (κ2) is 7.89. The fraction of sp³-hybridized carbons (Fsp3) is 0.571. The highest BCUT2D eigenvalue weighted by molar-refractivity contribution is 7.85. The Labute approximate surface area is 181 Å². The Hall–Kier alpha value is -1.48. The predicted molar refractivity (Wildman–Crippen MR) is 112 cm³/mol. The van der Waals surface area contributed by atoms with E-state index >= 15 is 0 Å². The summed E-state index contributed by atoms with van der Waals surface area (Å²) in [4.78, 5) is 14.9. The third-order valence-electron chi connectivity index (χ3n) is 6.94. The van der Waals surface area contributed by atoms with Crippen LogP contribution in [0.1, 0.15) is 45.6 Å². The molecule has 0 spiro atoms. The van der Waals surface area contributed by atoms with Crippen LogP contribution in [0.5, 0.6) is 0 Å². The molecule has 3 atom stereocenters. The largest absolute Gasteiger partial charge is 0.748 e. The highest BCUT2D eigenvalue weighted by Gasteiger charge is 2.64. The van der Waals surface area contributed by atoms with Crippen molar-refractivity contribution in [2.75, 3.05) is 5.75 Å². The molecule has 0 radical (unpaired) electrons. The first kappa shape index (κ1) is 23.2. The normalized spacial score (nSPS) is 26.0. The smallest absolute Gasteiger partial charge is 0.142 e. The number of benzene rings is 1. The van der Waals surface area contributed by atoms with Gasteiger partial charge in [0, 0.05) is 35.4 Å². The Kier molecular flexibility index (Phi) is 6.10. The van der Waals surface area contributed by atoms with Crippen LogP contribution in [0.3, 0.4) is 0 Å². The first-order chi connectivity index (χ1) is 13.8. The van der Waals surface area contributed by atoms with Crippen molar-refractivity contribution in [1.29, 1.82) is 0 Å². The Bertz CT molecular complexity index is 1080. The summed E-state index contributed by atoms with van der Waals surface area (Å²) in [6, 6.07) is 3.40. The molecule has 9 heteroatoms. The Morgan fingerprint density at radius 1 is 1.40 bits per heavy atom. The molecule has 2 saturated carbocycles. The molecule has 4 N–H and O–H groups in total. The molecule has 1 aromatic carbocycles. The summed E-state index contributed by atoms with van der Waals surface area (Å²) in [6.07, 6.45) is 4.60. The van der Waals surface area contributed by atoms with Gasteiger partial charge >= 0.3 is 0 Å². The average molecular weight is 459 g/mol. The average Bonchev–Trinajstić information content (AvgIpc) is 3.13. The van der Waals surface area contributed by atoms with Crippen LogP contribution in [0, 0.1) is 22.6 Å². The first-order valence-corrected chi connectivity index (χ1v) is 12.0. The van der Waals surface area contributed by atoms with Crippen LogP contribution in [0.25, 0.3) is 10.9 Å². The summed E-state index contributed by atoms with van der Waals surface area (Å²) >= 11 is 5.70. The van der Waals surface area contributed by atoms with Crippen LogP contribution in [0.2, 0.25) is 5.02 Å². The summed E-state index contributed by atoms with van der Waals surface area (Å²) in [6.45, 7) is 5.87. The number of hydrogen-bond acceptors (Lipinski definition) is 4. The number of carbonyl (C=O) groups excluding carboxylic acids is 1. The number of halogens is 2. The zero-order valence-electron chi connectivity index (χ0n) is 17.4. The molecule has 1 heterocycles. The van der Waals surface area contributed by atoms with Gasteiger partial charge < -0.3 is 15.3 Å². The lowest BCUT2D eigenvalue weighted by molar-refractivity contribution is -0.413. The van der Waals surface area contributed by atoms with Crippen LogP contribution < -0.4 is 5.73 Å². The maximum absolute atomic E-state index is 13.3. The van der Waals surface area contributed by atoms with Gasteiger partial charge in [0.15, 0.2) is 0 Å². The molecule has 3 unspecified atom stereocenters. The highest BCUT2D eigenvalue weighted by Crippen LogP contribution is 2.64. The van der Waals surface area contributed by atoms with Crippen molar-refractivity contribution in [1.82, 2.24) is 4.98 Å². The number of ketones is 1. The van der Waals surface area contributed by atoms with Gasteiger partial charge in [-0.25, -0.2) is 12.8 Å². The minimum Gasteiger partial charge on any atom is -0.748 e. The van der Waals surface area contributed by atoms with Crippen molar-refractivity contribution in [3.63, 3.8) is 0 Å². The lowest BCUT2D eigenvalue weighted by Crippen LogP contribution is -2.60. The lowest BCUT2D eigenvalue weighted by atomic mass is 9.70. The summed E-state index contributed by atoms with van der Waals surface area (Å²) in [5, 5.41) is 1.05. The first-order valence-electron chi connectivity index (χ1n) is 10.0. The second-order valence-electron chi connectivity index (χ2n) is 9.30. The number of aromatic nitrogens is 1. The van der Waals surface area contributed by atoms with Crippen molar-refractivity contribution in [3.8, 4) is 0 Å². The van der Waals surface area contributed by atoms with Gasteiger partial charge in [-0.3, -0.25) is 4.79 Å². The molecule has 2 aliphatic rings. The molecule has 0 saturated heterocycles. The quantitative estimate of drug-likeness (QED) is 0.684. The molecule has 30 heavy (non-hydrogen) atoms. The number of hydrogen-bond donors (Lipinski definition) is 2. The standard InChI is InChI=1S/C11H12ClFN2.C10H16O4S/c1-6(14)2-7-5-15-11-4-9(12)10(13)3-8(7)11;1-9(2)7-3-4-10(9,8(11)5-7)6-15(12,13)14/h3-6,15H,2,14H2,1H3;7H,3-6H2,1-2H3,(H,12,13,14). The van der Waals surface area contributed by atoms with Crippen molar-refractivity contribution < 1.29 is 27.9 Å². The molecular formula is C21H28ClFN2O4S. The van der Waals surface area contributed by atoms with Gasteiger partial charge in [-0.05, 0) is 48.8 Å². The van der Waals surface area contributed by atoms with Gasteiger partial charge in [0.2, 0.25) is 0 Å². The van der Waals surface area contributed by atoms with Gasteiger partial charge in [-0.1, -0.05) is 25.4 Å². The maximum atomic E-state index is 13.3. The molecule has 2 fully saturated rings. The molecule has 0 amide bonds. The highest BCUT2D eigenvalue weighted by atomic mass is 35.5. The van der Waals surface area contributed by atoms with Gasteiger partial charge in [-0.15, -0.1) is 0 Å². The van der Waals surface area contributed by atoms with Crippen LogP contribution in [-0.2, 0) is 21.3 Å². The predicted octanol–water partition coefficient (Wildman–Crippen LogP) is 3.06. The lowest BCUT2D eigenvalue weighted by Gasteiger charge is -2.37. The fourth-order valence-electron chi connectivity index (χ4n) is 5.13. The van der Waals surface area contributed by atoms with E-state index in [4.69, 9.17) is 11.6 Å². The molecule has 6 nitrogen and oxygen atoms in total. The number of nitrogens with one attached hydrogen (secondary N) is 1. The Morgan fingerprint density at radius 3 is 2.57 bits per heavy atom. The van der Waals surface area contributed by atoms with E-state index in [1.807, 2.05) is 27.0 Å². The molecule has 2 aliphatic carbocycles. The van der Waals surface area contributed by atoms with Crippen molar-refractivity contribution in [3.05, 3.63) is 34.7 Å². The Balaban J connectivity index is 0.000000171. The molecule has 166 valence electrons. The number of Topliss-reactive ketones (excluding diaryl/α,β-unsaturated/α-hetero) is 1. The third kappa shape index (κ3) is 4.15. The van der Waals surface area contributed by atoms with Crippen molar-refractivity contribution in [2.24, 2.45) is 16.7 Å². The van der Waals surface area contributed by atoms with E-state index in [1.54, 1.807) is 6.07 Å². The van der Waals surface area contributed by atoms with E-state index in [9.17, 15) is 22.2 Å². The summed E-state index contributed by atoms with van der Waals surface area (Å²) in [5.74, 6) is -0.654. The topological polar surface area (TPSA) is 118 Å². The van der Waals surface area contributed by atoms with E-state index in [0.717, 1.165) is 29.3 Å². The Morgan fingerprint density at radius 2 is 2.07 bits per heavy atom. The van der Waals surface area contributed by atoms with Crippen LogP contribution >= 0.6 is 11.6 Å². The maximum Gasteiger partial charge on any atom is 0.142 e. The number of aromatic amines is 1. The monoisotopic (exact) mass is 458 g/mol. The fourth-order valence-corrected chi connectivity index (χ4v) is 6.57. The zero-order valence-corrected chi connectivity index (χ0v) is 19.0. The number of fused-ring (bicyclic) bond motifs is 3. The minimum absolute atomic E-state index is 0.0248. The SMILES string of the molecule is CC([NH3+])Cc1c[nH]c2cc(Cl)c(F)cc12.CC1(C)C2CCC1(CS(=O)(=O)[O-])C(=O)C2. The molecule has 2 aromatic rings. The minimum atomic E-state index is -4.33. The molecule has 4 rings (SSSR count). The summed E-state index contributed by atoms with van der Waals surface area (Å²) in [7, 11) is -4.33. The van der Waals surface area contributed by atoms with Crippen molar-refractivity contribution in [2.45, 2.75) is 52.5 Å². The van der Waals surface area contributed by atoms with Crippen LogP contribution in [-0.4, -0.2) is 35.5 Å². The van der Waals surface area contributed by atoms with E-state index < -0.39 is 21.3 Å². The van der Waals surface area contributed by atoms with Gasteiger partial charge in [-0.2, -0.15) is 0 Å². The van der Waals surface area contributed by atoms with Gasteiger partial charge in [0.25, 0.3) is 0 Å². The second-order valence-corrected chi connectivity index (χ2v) is 11.1. The van der Waals surface area contributed by atoms with Gasteiger partial charge in [0.1, 0.15) is 11.6 Å². The summed E-state index contributed by atoms with van der Waals surface area (Å²) < 4.78 is 46.0. The molecule has 2 bridgehead atoms. The van der Waals surface area contributed by atoms with E-state index in [2.05, 4.69) is 10.7 Å². The van der Waals surface area contributed by atoms with E-state index in [0.29, 0.717) is 18.9 Å². The number of carbonyl (C=O) groups is 1. The van der Waals surface area contributed by atoms with Gasteiger partial charge in [0.05, 0.1) is 26.9 Å². The third-order valence-corrected chi connectivity index (χ3v) is 8.08. The number of H-pyrrole nitrogens is 1. The van der Waals surface area contributed by atoms with Crippen LogP contribution in [0.4, 0.5) is 4.39 Å². The molecule has 1 aromatic heterocycles. The van der Waals surface area contributed by atoms with Crippen LogP contribution in [0.15, 0.2) is 18.3 Å². The molecular weight excluding hydrogens is 431 g/mol. The van der Waals surface area contributed by atoms with E-state index in [1.165, 1.54) is 6.07 Å².